The van der Waals surface area contributed by atoms with Crippen molar-refractivity contribution in [3.8, 4) is 0 Å². The van der Waals surface area contributed by atoms with Crippen LogP contribution >= 0.6 is 11.6 Å². The minimum atomic E-state index is -0.271. The lowest BCUT2D eigenvalue weighted by molar-refractivity contribution is -0.129. The molecule has 1 aromatic rings. The Morgan fingerprint density at radius 3 is 3.15 bits per heavy atom. The molecular weight excluding hydrogens is 276 g/mol. The van der Waals surface area contributed by atoms with Crippen LogP contribution in [0.25, 0.3) is 0 Å². The normalized spacial score (nSPS) is 29.0. The van der Waals surface area contributed by atoms with Crippen molar-refractivity contribution in [1.29, 1.82) is 0 Å². The Morgan fingerprint density at radius 2 is 2.35 bits per heavy atom. The third-order valence-corrected chi connectivity index (χ3v) is 4.48. The molecule has 1 fully saturated rings. The van der Waals surface area contributed by atoms with Gasteiger partial charge in [-0.2, -0.15) is 0 Å². The number of carbonyl (C=O) groups excluding carboxylic acids is 1. The molecule has 1 saturated heterocycles. The zero-order valence-corrected chi connectivity index (χ0v) is 12.2. The van der Waals surface area contributed by atoms with E-state index in [1.165, 1.54) is 5.56 Å². The maximum atomic E-state index is 12.4. The predicted octanol–water partition coefficient (Wildman–Crippen LogP) is 1.82. The highest BCUT2D eigenvalue weighted by molar-refractivity contribution is 6.31. The monoisotopic (exact) mass is 294 g/mol. The average Bonchev–Trinajstić information content (AvgIpc) is 2.84. The van der Waals surface area contributed by atoms with Gasteiger partial charge in [-0.15, -0.1) is 0 Å². The first-order chi connectivity index (χ1) is 9.66. The molecule has 2 aliphatic rings. The molecule has 1 heterocycles. The molecular formula is C15H19ClN2O2. The van der Waals surface area contributed by atoms with E-state index in [0.29, 0.717) is 6.61 Å². The van der Waals surface area contributed by atoms with Crippen molar-refractivity contribution in [3.05, 3.63) is 34.3 Å². The first kappa shape index (κ1) is 13.9. The van der Waals surface area contributed by atoms with Gasteiger partial charge in [-0.1, -0.05) is 23.7 Å². The van der Waals surface area contributed by atoms with Crippen LogP contribution in [0.3, 0.4) is 0 Å². The molecule has 0 bridgehead atoms. The van der Waals surface area contributed by atoms with Gasteiger partial charge in [0, 0.05) is 11.6 Å². The van der Waals surface area contributed by atoms with Crippen molar-refractivity contribution in [2.75, 3.05) is 13.2 Å². The summed E-state index contributed by atoms with van der Waals surface area (Å²) in [6.07, 6.45) is 1.74. The zero-order valence-electron chi connectivity index (χ0n) is 11.5. The number of halogens is 1. The van der Waals surface area contributed by atoms with Crippen LogP contribution < -0.4 is 10.6 Å². The molecule has 1 unspecified atom stereocenters. The van der Waals surface area contributed by atoms with Crippen LogP contribution in [0.2, 0.25) is 5.02 Å². The Labute approximate surface area is 123 Å². The van der Waals surface area contributed by atoms with E-state index in [4.69, 9.17) is 16.3 Å². The Kier molecular flexibility index (Phi) is 3.96. The molecule has 3 rings (SSSR count). The van der Waals surface area contributed by atoms with Crippen molar-refractivity contribution in [1.82, 2.24) is 10.6 Å². The summed E-state index contributed by atoms with van der Waals surface area (Å²) < 4.78 is 5.52. The molecule has 5 heteroatoms. The van der Waals surface area contributed by atoms with Crippen LogP contribution in [0, 0.1) is 0 Å². The molecule has 4 nitrogen and oxygen atoms in total. The molecule has 0 radical (unpaired) electrons. The summed E-state index contributed by atoms with van der Waals surface area (Å²) in [5, 5.41) is 7.14. The van der Waals surface area contributed by atoms with Crippen molar-refractivity contribution >= 4 is 17.5 Å². The molecule has 0 aromatic heterocycles. The molecule has 0 saturated carbocycles. The number of morpholine rings is 1. The second-order valence-corrected chi connectivity index (χ2v) is 5.82. The van der Waals surface area contributed by atoms with Gasteiger partial charge in [0.1, 0.15) is 6.04 Å². The van der Waals surface area contributed by atoms with E-state index in [2.05, 4.69) is 10.6 Å². The van der Waals surface area contributed by atoms with Gasteiger partial charge in [-0.3, -0.25) is 4.79 Å². The van der Waals surface area contributed by atoms with Gasteiger partial charge in [-0.25, -0.2) is 0 Å². The molecule has 108 valence electrons. The largest absolute Gasteiger partial charge is 0.375 e. The molecule has 1 aliphatic heterocycles. The second-order valence-electron chi connectivity index (χ2n) is 5.42. The van der Waals surface area contributed by atoms with Gasteiger partial charge in [0.05, 0.1) is 18.8 Å². The third kappa shape index (κ3) is 2.55. The summed E-state index contributed by atoms with van der Waals surface area (Å²) in [7, 11) is 0. The summed E-state index contributed by atoms with van der Waals surface area (Å²) in [4.78, 5) is 12.4. The van der Waals surface area contributed by atoms with Gasteiger partial charge >= 0.3 is 0 Å². The van der Waals surface area contributed by atoms with E-state index in [0.717, 1.165) is 30.0 Å². The fourth-order valence-corrected chi connectivity index (χ4v) is 3.32. The highest BCUT2D eigenvalue weighted by Crippen LogP contribution is 2.35. The van der Waals surface area contributed by atoms with Gasteiger partial charge in [0.2, 0.25) is 5.91 Å². The summed E-state index contributed by atoms with van der Waals surface area (Å²) >= 11 is 6.20. The Balaban J connectivity index is 1.71. The number of fused-ring (bicyclic) bond motifs is 1. The van der Waals surface area contributed by atoms with Crippen molar-refractivity contribution < 1.29 is 9.53 Å². The maximum absolute atomic E-state index is 12.4. The topological polar surface area (TPSA) is 50.4 Å². The van der Waals surface area contributed by atoms with E-state index in [1.54, 1.807) is 0 Å². The van der Waals surface area contributed by atoms with Gasteiger partial charge in [0.15, 0.2) is 0 Å². The number of rotatable bonds is 2. The first-order valence-corrected chi connectivity index (χ1v) is 7.47. The molecule has 1 aliphatic carbocycles. The highest BCUT2D eigenvalue weighted by atomic mass is 35.5. The second kappa shape index (κ2) is 5.72. The minimum Gasteiger partial charge on any atom is -0.375 e. The molecule has 3 atom stereocenters. The van der Waals surface area contributed by atoms with E-state index in [-0.39, 0.29) is 24.1 Å². The molecule has 1 amide bonds. The summed E-state index contributed by atoms with van der Waals surface area (Å²) in [5.41, 5.74) is 2.32. The van der Waals surface area contributed by atoms with E-state index in [9.17, 15) is 4.79 Å². The standard InChI is InChI=1S/C15H19ClN2O2/c1-9-14(17-7-8-20-9)15(19)18-13-6-5-10-11(13)3-2-4-12(10)16/h2-4,9,13-14,17H,5-8H2,1H3,(H,18,19)/t9-,13?,14+/m1/s1. The number of amides is 1. The van der Waals surface area contributed by atoms with Gasteiger partial charge < -0.3 is 15.4 Å². The summed E-state index contributed by atoms with van der Waals surface area (Å²) in [5.74, 6) is 0.00928. The first-order valence-electron chi connectivity index (χ1n) is 7.09. The number of benzene rings is 1. The lowest BCUT2D eigenvalue weighted by atomic mass is 10.1. The number of carbonyl (C=O) groups is 1. The SMILES string of the molecule is C[C@H]1OCCN[C@@H]1C(=O)NC1CCc2c(Cl)cccc21. The molecule has 20 heavy (non-hydrogen) atoms. The van der Waals surface area contributed by atoms with Gasteiger partial charge in [0.25, 0.3) is 0 Å². The summed E-state index contributed by atoms with van der Waals surface area (Å²) in [6.45, 7) is 3.30. The fourth-order valence-electron chi connectivity index (χ4n) is 3.05. The van der Waals surface area contributed by atoms with Crippen molar-refractivity contribution in [2.45, 2.75) is 38.0 Å². The number of hydrogen-bond donors (Lipinski definition) is 2. The predicted molar refractivity (Wildman–Crippen MR) is 77.9 cm³/mol. The van der Waals surface area contributed by atoms with Crippen molar-refractivity contribution in [3.63, 3.8) is 0 Å². The Morgan fingerprint density at radius 1 is 1.50 bits per heavy atom. The van der Waals surface area contributed by atoms with Crippen LogP contribution in [-0.4, -0.2) is 31.2 Å². The van der Waals surface area contributed by atoms with E-state index in [1.807, 2.05) is 25.1 Å². The quantitative estimate of drug-likeness (QED) is 0.875. The smallest absolute Gasteiger partial charge is 0.240 e. The number of nitrogens with one attached hydrogen (secondary N) is 2. The van der Waals surface area contributed by atoms with Crippen LogP contribution in [0.15, 0.2) is 18.2 Å². The lowest BCUT2D eigenvalue weighted by Gasteiger charge is -2.30. The van der Waals surface area contributed by atoms with E-state index < -0.39 is 0 Å². The van der Waals surface area contributed by atoms with Gasteiger partial charge in [-0.05, 0) is 37.0 Å². The Hall–Kier alpha value is -1.10. The lowest BCUT2D eigenvalue weighted by Crippen LogP contribution is -2.55. The minimum absolute atomic E-state index is 0.00928. The van der Waals surface area contributed by atoms with Crippen LogP contribution in [0.4, 0.5) is 0 Å². The third-order valence-electron chi connectivity index (χ3n) is 4.13. The molecule has 0 spiro atoms. The van der Waals surface area contributed by atoms with E-state index >= 15 is 0 Å². The Bertz CT molecular complexity index is 521. The molecule has 1 aromatic carbocycles. The zero-order chi connectivity index (χ0) is 14.1. The molecule has 2 N–H and O–H groups in total. The van der Waals surface area contributed by atoms with Crippen LogP contribution in [-0.2, 0) is 16.0 Å². The maximum Gasteiger partial charge on any atom is 0.240 e. The number of hydrogen-bond acceptors (Lipinski definition) is 3. The van der Waals surface area contributed by atoms with Crippen LogP contribution in [0.5, 0.6) is 0 Å². The summed E-state index contributed by atoms with van der Waals surface area (Å²) in [6, 6.07) is 5.69. The highest BCUT2D eigenvalue weighted by Gasteiger charge is 2.32. The van der Waals surface area contributed by atoms with Crippen LogP contribution in [0.1, 0.15) is 30.5 Å². The number of ether oxygens (including phenoxy) is 1. The average molecular weight is 295 g/mol. The van der Waals surface area contributed by atoms with Crippen molar-refractivity contribution in [2.24, 2.45) is 0 Å². The fraction of sp³-hybridized carbons (Fsp3) is 0.533.